The highest BCUT2D eigenvalue weighted by Crippen LogP contribution is 2.39. The van der Waals surface area contributed by atoms with Crippen LogP contribution >= 0.6 is 11.6 Å². The van der Waals surface area contributed by atoms with Crippen molar-refractivity contribution < 1.29 is 5.11 Å². The molecule has 6 rings (SSSR count). The minimum atomic E-state index is -1.43. The Morgan fingerprint density at radius 2 is 1.76 bits per heavy atom. The van der Waals surface area contributed by atoms with E-state index in [4.69, 9.17) is 11.6 Å². The molecule has 0 spiro atoms. The molecular weight excluding hydrogens is 448 g/mol. The van der Waals surface area contributed by atoms with Crippen molar-refractivity contribution in [2.24, 2.45) is 7.05 Å². The molecule has 6 aromatic rings. The van der Waals surface area contributed by atoms with Gasteiger partial charge in [0.15, 0.2) is 11.2 Å². The predicted octanol–water partition coefficient (Wildman–Crippen LogP) is 4.62. The number of fused-ring (bicyclic) bond motifs is 3. The summed E-state index contributed by atoms with van der Waals surface area (Å²) >= 11 is 6.32. The van der Waals surface area contributed by atoms with Gasteiger partial charge in [-0.2, -0.15) is 4.52 Å². The largest absolute Gasteiger partial charge is 0.374 e. The van der Waals surface area contributed by atoms with E-state index in [0.29, 0.717) is 21.9 Å². The van der Waals surface area contributed by atoms with Gasteiger partial charge < -0.3 is 9.67 Å². The maximum Gasteiger partial charge on any atom is 0.180 e. The zero-order valence-corrected chi connectivity index (χ0v) is 18.9. The van der Waals surface area contributed by atoms with Gasteiger partial charge in [0.1, 0.15) is 0 Å². The number of hydrogen-bond donors (Lipinski definition) is 1. The number of halogens is 1. The minimum absolute atomic E-state index is 0.625. The third-order valence-corrected chi connectivity index (χ3v) is 6.45. The van der Waals surface area contributed by atoms with Crippen LogP contribution in [0, 0.1) is 0 Å². The number of rotatable bonds is 4. The van der Waals surface area contributed by atoms with Crippen molar-refractivity contribution in [3.05, 3.63) is 113 Å². The molecule has 3 heterocycles. The normalized spacial score (nSPS) is 13.4. The Bertz CT molecular complexity index is 1660. The van der Waals surface area contributed by atoms with E-state index in [1.54, 1.807) is 17.0 Å². The van der Waals surface area contributed by atoms with Gasteiger partial charge in [0.05, 0.1) is 23.7 Å². The van der Waals surface area contributed by atoms with Crippen LogP contribution in [0.1, 0.15) is 16.8 Å². The molecule has 34 heavy (non-hydrogen) atoms. The number of hydrogen-bond acceptors (Lipinski definition) is 5. The molecule has 0 fully saturated rings. The topological polar surface area (TPSA) is 81.1 Å². The van der Waals surface area contributed by atoms with Crippen molar-refractivity contribution in [1.29, 1.82) is 0 Å². The minimum Gasteiger partial charge on any atom is -0.374 e. The van der Waals surface area contributed by atoms with Gasteiger partial charge in [0, 0.05) is 17.5 Å². The molecule has 0 aliphatic rings. The van der Waals surface area contributed by atoms with Crippen LogP contribution in [0.5, 0.6) is 0 Å². The van der Waals surface area contributed by atoms with Gasteiger partial charge in [0.2, 0.25) is 0 Å². The Morgan fingerprint density at radius 1 is 0.912 bits per heavy atom. The fourth-order valence-corrected chi connectivity index (χ4v) is 4.76. The molecule has 1 atom stereocenters. The highest BCUT2D eigenvalue weighted by molar-refractivity contribution is 6.30. The summed E-state index contributed by atoms with van der Waals surface area (Å²) in [6.45, 7) is 0. The van der Waals surface area contributed by atoms with E-state index in [9.17, 15) is 5.11 Å². The molecule has 3 aromatic heterocycles. The van der Waals surface area contributed by atoms with Crippen LogP contribution in [-0.2, 0) is 12.6 Å². The number of nitrogens with zero attached hydrogens (tertiary/aromatic N) is 6. The first-order valence-corrected chi connectivity index (χ1v) is 11.1. The molecular formula is C26H19ClN6O. The van der Waals surface area contributed by atoms with Crippen molar-refractivity contribution in [3.8, 4) is 11.1 Å². The lowest BCUT2D eigenvalue weighted by molar-refractivity contribution is 0.117. The van der Waals surface area contributed by atoms with Gasteiger partial charge >= 0.3 is 0 Å². The van der Waals surface area contributed by atoms with Gasteiger partial charge in [-0.15, -0.1) is 5.10 Å². The third kappa shape index (κ3) is 3.09. The van der Waals surface area contributed by atoms with Crippen molar-refractivity contribution in [2.75, 3.05) is 0 Å². The molecule has 0 saturated heterocycles. The van der Waals surface area contributed by atoms with Crippen LogP contribution in [0.3, 0.4) is 0 Å². The maximum atomic E-state index is 12.3. The third-order valence-electron chi connectivity index (χ3n) is 6.21. The number of aromatic nitrogens is 6. The fraction of sp³-hybridized carbons (Fsp3) is 0.0769. The van der Waals surface area contributed by atoms with E-state index in [-0.39, 0.29) is 0 Å². The number of tetrazole rings is 1. The van der Waals surface area contributed by atoms with Gasteiger partial charge in [0.25, 0.3) is 0 Å². The van der Waals surface area contributed by atoms with Crippen LogP contribution in [0.2, 0.25) is 5.02 Å². The summed E-state index contributed by atoms with van der Waals surface area (Å²) in [7, 11) is 1.87. The van der Waals surface area contributed by atoms with Crippen molar-refractivity contribution in [3.63, 3.8) is 0 Å². The zero-order valence-electron chi connectivity index (χ0n) is 18.2. The Balaban J connectivity index is 1.69. The summed E-state index contributed by atoms with van der Waals surface area (Å²) in [5.41, 5.74) is 3.97. The van der Waals surface area contributed by atoms with Gasteiger partial charge in [-0.05, 0) is 63.0 Å². The second-order valence-corrected chi connectivity index (χ2v) is 8.65. The van der Waals surface area contributed by atoms with E-state index in [1.165, 1.54) is 0 Å². The van der Waals surface area contributed by atoms with Crippen molar-refractivity contribution in [1.82, 2.24) is 29.6 Å². The van der Waals surface area contributed by atoms with Crippen LogP contribution in [-0.4, -0.2) is 34.7 Å². The molecule has 3 aromatic carbocycles. The lowest BCUT2D eigenvalue weighted by Gasteiger charge is -2.30. The quantitative estimate of drug-likeness (QED) is 0.410. The Kier molecular flexibility index (Phi) is 4.69. The molecule has 0 saturated carbocycles. The monoisotopic (exact) mass is 466 g/mol. The number of imidazole rings is 1. The first kappa shape index (κ1) is 20.5. The molecule has 0 aliphatic carbocycles. The second-order valence-electron chi connectivity index (χ2n) is 8.22. The van der Waals surface area contributed by atoms with Crippen LogP contribution in [0.15, 0.2) is 91.4 Å². The molecule has 0 amide bonds. The summed E-state index contributed by atoms with van der Waals surface area (Å²) in [6.07, 6.45) is 3.38. The van der Waals surface area contributed by atoms with Crippen LogP contribution in [0.25, 0.3) is 27.7 Å². The predicted molar refractivity (Wildman–Crippen MR) is 130 cm³/mol. The molecule has 0 radical (unpaired) electrons. The molecule has 1 unspecified atom stereocenters. The lowest BCUT2D eigenvalue weighted by atomic mass is 9.82. The van der Waals surface area contributed by atoms with Crippen LogP contribution < -0.4 is 0 Å². The Morgan fingerprint density at radius 3 is 2.53 bits per heavy atom. The first-order valence-electron chi connectivity index (χ1n) is 10.7. The first-order chi connectivity index (χ1) is 16.6. The van der Waals surface area contributed by atoms with Gasteiger partial charge in [-0.25, -0.2) is 4.98 Å². The van der Waals surface area contributed by atoms with E-state index in [0.717, 1.165) is 27.6 Å². The van der Waals surface area contributed by atoms with E-state index in [1.807, 2.05) is 90.5 Å². The number of aliphatic hydroxyl groups is 1. The average Bonchev–Trinajstić information content (AvgIpc) is 3.52. The summed E-state index contributed by atoms with van der Waals surface area (Å²) in [6, 6.07) is 25.0. The zero-order chi connectivity index (χ0) is 23.3. The Labute approximate surface area is 199 Å². The molecule has 7 nitrogen and oxygen atoms in total. The number of aryl methyl sites for hydroxylation is 1. The van der Waals surface area contributed by atoms with Crippen LogP contribution in [0.4, 0.5) is 0 Å². The SMILES string of the molecule is Cn1cncc1C(O)(c1ccccc1)c1ccc2c(c1)c(-c1cccc(Cl)c1)cc1nnnn12. The summed E-state index contributed by atoms with van der Waals surface area (Å²) in [5.74, 6) is 0. The van der Waals surface area contributed by atoms with Gasteiger partial charge in [-0.3, -0.25) is 0 Å². The van der Waals surface area contributed by atoms with Crippen molar-refractivity contribution in [2.45, 2.75) is 5.60 Å². The summed E-state index contributed by atoms with van der Waals surface area (Å²) in [5, 5.41) is 26.0. The van der Waals surface area contributed by atoms with E-state index in [2.05, 4.69) is 20.5 Å². The van der Waals surface area contributed by atoms with Gasteiger partial charge in [-0.1, -0.05) is 60.1 Å². The summed E-state index contributed by atoms with van der Waals surface area (Å²) in [4.78, 5) is 4.27. The Hall–Kier alpha value is -4.07. The second kappa shape index (κ2) is 7.76. The summed E-state index contributed by atoms with van der Waals surface area (Å²) < 4.78 is 3.53. The number of pyridine rings is 1. The molecule has 0 bridgehead atoms. The fourth-order valence-electron chi connectivity index (χ4n) is 4.57. The highest BCUT2D eigenvalue weighted by Gasteiger charge is 2.36. The maximum absolute atomic E-state index is 12.3. The molecule has 1 N–H and O–H groups in total. The average molecular weight is 467 g/mol. The van der Waals surface area contributed by atoms with E-state index < -0.39 is 5.60 Å². The smallest absolute Gasteiger partial charge is 0.180 e. The standard InChI is InChI=1S/C26H19ClN6O/c1-32-16-28-15-24(32)26(34,18-7-3-2-4-8-18)19-10-11-23-22(13-19)21(14-25-29-30-31-33(23)25)17-6-5-9-20(27)12-17/h2-16,34H,1H3. The highest BCUT2D eigenvalue weighted by atomic mass is 35.5. The molecule has 0 aliphatic heterocycles. The lowest BCUT2D eigenvalue weighted by Crippen LogP contribution is -2.31. The number of benzene rings is 3. The molecule has 8 heteroatoms. The van der Waals surface area contributed by atoms with Crippen molar-refractivity contribution >= 4 is 28.2 Å². The molecule has 166 valence electrons. The van der Waals surface area contributed by atoms with E-state index >= 15 is 0 Å².